The fourth-order valence-electron chi connectivity index (χ4n) is 3.55. The van der Waals surface area contributed by atoms with Gasteiger partial charge >= 0.3 is 0 Å². The maximum absolute atomic E-state index is 13.1. The van der Waals surface area contributed by atoms with Crippen molar-refractivity contribution in [2.45, 2.75) is 32.2 Å². The van der Waals surface area contributed by atoms with Crippen LogP contribution < -0.4 is 5.56 Å². The van der Waals surface area contributed by atoms with E-state index < -0.39 is 15.6 Å². The molecule has 1 aromatic carbocycles. The smallest absolute Gasteiger partial charge is 0.281 e. The molecule has 0 aliphatic carbocycles. The number of nitrogens with one attached hydrogen (secondary N) is 1. The Kier molecular flexibility index (Phi) is 5.17. The summed E-state index contributed by atoms with van der Waals surface area (Å²) < 4.78 is 40.5. The van der Waals surface area contributed by atoms with E-state index in [0.717, 1.165) is 12.0 Å². The lowest BCUT2D eigenvalue weighted by molar-refractivity contribution is 0.309. The molecule has 1 fully saturated rings. The molecular formula is C18H21FN6O3S. The monoisotopic (exact) mass is 420 g/mol. The molecule has 1 atom stereocenters. The molecule has 0 spiro atoms. The topological polar surface area (TPSA) is 114 Å². The van der Waals surface area contributed by atoms with Gasteiger partial charge in [-0.25, -0.2) is 26.8 Å². The highest BCUT2D eigenvalue weighted by molar-refractivity contribution is 7.89. The van der Waals surface area contributed by atoms with E-state index in [2.05, 4.69) is 20.3 Å². The first-order valence-electron chi connectivity index (χ1n) is 9.43. The van der Waals surface area contributed by atoms with Crippen molar-refractivity contribution in [3.8, 4) is 0 Å². The first-order chi connectivity index (χ1) is 13.9. The zero-order valence-electron chi connectivity index (χ0n) is 15.9. The van der Waals surface area contributed by atoms with Gasteiger partial charge in [0.1, 0.15) is 11.6 Å². The predicted octanol–water partition coefficient (Wildman–Crippen LogP) is 1.23. The summed E-state index contributed by atoms with van der Waals surface area (Å²) >= 11 is 0. The van der Waals surface area contributed by atoms with Crippen LogP contribution in [0.15, 0.2) is 29.1 Å². The van der Waals surface area contributed by atoms with Gasteiger partial charge in [0.05, 0.1) is 12.3 Å². The Balaban J connectivity index is 1.67. The van der Waals surface area contributed by atoms with Gasteiger partial charge in [-0.05, 0) is 37.5 Å². The summed E-state index contributed by atoms with van der Waals surface area (Å²) in [5, 5.41) is 7.92. The first-order valence-corrected chi connectivity index (χ1v) is 11.0. The van der Waals surface area contributed by atoms with E-state index in [1.54, 1.807) is 19.1 Å². The second-order valence-corrected chi connectivity index (χ2v) is 9.35. The van der Waals surface area contributed by atoms with Crippen LogP contribution in [0.1, 0.15) is 37.1 Å². The Morgan fingerprint density at radius 2 is 2.03 bits per heavy atom. The molecule has 0 amide bonds. The minimum absolute atomic E-state index is 0.0388. The van der Waals surface area contributed by atoms with Crippen LogP contribution in [0.5, 0.6) is 0 Å². The number of hydrogen-bond acceptors (Lipinski definition) is 6. The van der Waals surface area contributed by atoms with Gasteiger partial charge < -0.3 is 4.98 Å². The van der Waals surface area contributed by atoms with Crippen molar-refractivity contribution >= 4 is 21.2 Å². The fraction of sp³-hybridized carbons (Fsp3) is 0.444. The van der Waals surface area contributed by atoms with Crippen molar-refractivity contribution in [2.75, 3.05) is 18.8 Å². The van der Waals surface area contributed by atoms with Gasteiger partial charge in [-0.15, -0.1) is 5.10 Å². The molecule has 3 aromatic rings. The lowest BCUT2D eigenvalue weighted by atomic mass is 9.99. The molecule has 29 heavy (non-hydrogen) atoms. The molecular weight excluding hydrogens is 399 g/mol. The molecule has 1 aliphatic rings. The van der Waals surface area contributed by atoms with E-state index in [-0.39, 0.29) is 36.1 Å². The highest BCUT2D eigenvalue weighted by atomic mass is 32.2. The Hall–Kier alpha value is -2.66. The number of aromatic amines is 1. The van der Waals surface area contributed by atoms with E-state index >= 15 is 0 Å². The number of rotatable bonds is 5. The van der Waals surface area contributed by atoms with E-state index in [1.165, 1.54) is 21.1 Å². The van der Waals surface area contributed by atoms with Crippen LogP contribution in [-0.4, -0.2) is 56.5 Å². The minimum atomic E-state index is -3.30. The quantitative estimate of drug-likeness (QED) is 0.664. The number of sulfonamides is 1. The van der Waals surface area contributed by atoms with Crippen LogP contribution in [0.4, 0.5) is 4.39 Å². The number of piperidine rings is 1. The predicted molar refractivity (Wildman–Crippen MR) is 104 cm³/mol. The van der Waals surface area contributed by atoms with E-state index in [4.69, 9.17) is 0 Å². The summed E-state index contributed by atoms with van der Waals surface area (Å²) in [5.41, 5.74) is 0.818. The number of H-pyrrole nitrogens is 1. The minimum Gasteiger partial charge on any atom is -0.308 e. The lowest BCUT2D eigenvalue weighted by Gasteiger charge is -2.31. The van der Waals surface area contributed by atoms with Crippen LogP contribution >= 0.6 is 0 Å². The average molecular weight is 420 g/mol. The Bertz CT molecular complexity index is 1190. The zero-order chi connectivity index (χ0) is 20.6. The third kappa shape index (κ3) is 3.92. The summed E-state index contributed by atoms with van der Waals surface area (Å²) in [6.45, 7) is 2.66. The number of fused-ring (bicyclic) bond motifs is 1. The third-order valence-corrected chi connectivity index (χ3v) is 7.01. The Morgan fingerprint density at radius 1 is 1.28 bits per heavy atom. The largest absolute Gasteiger partial charge is 0.308 e. The highest BCUT2D eigenvalue weighted by Gasteiger charge is 2.30. The number of aromatic nitrogens is 5. The number of benzene rings is 1. The molecule has 3 heterocycles. The normalized spacial score (nSPS) is 18.3. The Labute approximate surface area is 166 Å². The zero-order valence-corrected chi connectivity index (χ0v) is 16.7. The average Bonchev–Trinajstić information content (AvgIpc) is 3.13. The number of halogens is 1. The second kappa shape index (κ2) is 7.64. The van der Waals surface area contributed by atoms with E-state index in [0.29, 0.717) is 24.4 Å². The van der Waals surface area contributed by atoms with Crippen molar-refractivity contribution in [3.05, 3.63) is 51.8 Å². The molecule has 4 rings (SSSR count). The molecule has 2 aromatic heterocycles. The van der Waals surface area contributed by atoms with Crippen LogP contribution in [0, 0.1) is 5.82 Å². The first kappa shape index (κ1) is 19.6. The Morgan fingerprint density at radius 3 is 2.76 bits per heavy atom. The van der Waals surface area contributed by atoms with Gasteiger partial charge in [0, 0.05) is 19.0 Å². The standard InChI is InChI=1S/C18H21FN6O3S/c1-2-29(27,28)24-9-3-4-13(11-24)16-20-17-15(18(26)21-16)22-23-25(17)10-12-5-7-14(19)8-6-12/h5-8,13H,2-4,9-11H2,1H3,(H,20,21,26)/t13-/m0/s1. The van der Waals surface area contributed by atoms with E-state index in [9.17, 15) is 17.6 Å². The molecule has 1 aliphatic heterocycles. The van der Waals surface area contributed by atoms with Gasteiger partial charge in [-0.1, -0.05) is 17.3 Å². The van der Waals surface area contributed by atoms with Gasteiger partial charge in [0.2, 0.25) is 10.0 Å². The number of hydrogen-bond donors (Lipinski definition) is 1. The molecule has 154 valence electrons. The fourth-order valence-corrected chi connectivity index (χ4v) is 4.73. The molecule has 0 radical (unpaired) electrons. The van der Waals surface area contributed by atoms with E-state index in [1.807, 2.05) is 0 Å². The van der Waals surface area contributed by atoms with Gasteiger partial charge in [0.25, 0.3) is 5.56 Å². The second-order valence-electron chi connectivity index (χ2n) is 7.09. The van der Waals surface area contributed by atoms with Crippen molar-refractivity contribution < 1.29 is 12.8 Å². The molecule has 9 nitrogen and oxygen atoms in total. The lowest BCUT2D eigenvalue weighted by Crippen LogP contribution is -2.40. The summed E-state index contributed by atoms with van der Waals surface area (Å²) in [6.07, 6.45) is 1.42. The van der Waals surface area contributed by atoms with Crippen molar-refractivity contribution in [2.24, 2.45) is 0 Å². The van der Waals surface area contributed by atoms with Crippen LogP contribution in [0.25, 0.3) is 11.2 Å². The molecule has 0 bridgehead atoms. The van der Waals surface area contributed by atoms with Gasteiger partial charge in [-0.3, -0.25) is 4.79 Å². The maximum Gasteiger partial charge on any atom is 0.281 e. The number of nitrogens with zero attached hydrogens (tertiary/aromatic N) is 5. The summed E-state index contributed by atoms with van der Waals surface area (Å²) in [4.78, 5) is 19.8. The molecule has 1 saturated heterocycles. The summed E-state index contributed by atoms with van der Waals surface area (Å²) in [6, 6.07) is 5.97. The molecule has 1 N–H and O–H groups in total. The maximum atomic E-state index is 13.1. The van der Waals surface area contributed by atoms with Crippen LogP contribution in [0.2, 0.25) is 0 Å². The van der Waals surface area contributed by atoms with Gasteiger partial charge in [-0.2, -0.15) is 0 Å². The molecule has 11 heteroatoms. The van der Waals surface area contributed by atoms with Crippen molar-refractivity contribution in [1.82, 2.24) is 29.3 Å². The summed E-state index contributed by atoms with van der Waals surface area (Å²) in [5.74, 6) is -0.0766. The summed E-state index contributed by atoms with van der Waals surface area (Å²) in [7, 11) is -3.30. The SMILES string of the molecule is CCS(=O)(=O)N1CCC[C@H](c2nc3c(nnn3Cc3ccc(F)cc3)c(=O)[nH]2)C1. The molecule has 0 saturated carbocycles. The third-order valence-electron chi connectivity index (χ3n) is 5.17. The van der Waals surface area contributed by atoms with Crippen LogP contribution in [0.3, 0.4) is 0 Å². The highest BCUT2D eigenvalue weighted by Crippen LogP contribution is 2.26. The van der Waals surface area contributed by atoms with Crippen molar-refractivity contribution in [1.29, 1.82) is 0 Å². The van der Waals surface area contributed by atoms with Crippen molar-refractivity contribution in [3.63, 3.8) is 0 Å². The van der Waals surface area contributed by atoms with Gasteiger partial charge in [0.15, 0.2) is 11.2 Å². The molecule has 0 unspecified atom stereocenters. The van der Waals surface area contributed by atoms with Crippen LogP contribution in [-0.2, 0) is 16.6 Å².